The van der Waals surface area contributed by atoms with Crippen LogP contribution in [0.5, 0.6) is 11.5 Å². The molecule has 8 heteroatoms. The molecule has 0 saturated carbocycles. The van der Waals surface area contributed by atoms with Gasteiger partial charge in [0.2, 0.25) is 0 Å². The molecule has 1 aromatic carbocycles. The maximum Gasteiger partial charge on any atom is 0.254 e. The van der Waals surface area contributed by atoms with E-state index in [2.05, 4.69) is 33.0 Å². The first-order chi connectivity index (χ1) is 15.1. The first-order valence-electron chi connectivity index (χ1n) is 11.0. The number of rotatable bonds is 5. The molecule has 2 fully saturated rings. The molecule has 8 nitrogen and oxygen atoms in total. The fraction of sp³-hybridized carbons (Fsp3) is 0.522. The van der Waals surface area contributed by atoms with Crippen molar-refractivity contribution in [2.75, 3.05) is 56.7 Å². The molecule has 2 aliphatic heterocycles. The zero-order valence-corrected chi connectivity index (χ0v) is 18.6. The summed E-state index contributed by atoms with van der Waals surface area (Å²) in [5.41, 5.74) is 0.574. The van der Waals surface area contributed by atoms with E-state index < -0.39 is 0 Å². The van der Waals surface area contributed by atoms with Gasteiger partial charge in [0.05, 0.1) is 14.2 Å². The third-order valence-electron chi connectivity index (χ3n) is 6.22. The predicted molar refractivity (Wildman–Crippen MR) is 120 cm³/mol. The van der Waals surface area contributed by atoms with Crippen LogP contribution in [0.25, 0.3) is 0 Å². The van der Waals surface area contributed by atoms with Gasteiger partial charge in [-0.05, 0) is 50.5 Å². The summed E-state index contributed by atoms with van der Waals surface area (Å²) in [7, 11) is 3.17. The van der Waals surface area contributed by atoms with Gasteiger partial charge in [0.1, 0.15) is 11.5 Å². The van der Waals surface area contributed by atoms with Crippen molar-refractivity contribution in [2.45, 2.75) is 32.2 Å². The highest BCUT2D eigenvalue weighted by Crippen LogP contribution is 2.25. The Bertz CT molecular complexity index is 874. The molecule has 2 saturated heterocycles. The van der Waals surface area contributed by atoms with Gasteiger partial charge in [-0.3, -0.25) is 4.79 Å². The van der Waals surface area contributed by atoms with Crippen LogP contribution in [-0.2, 0) is 0 Å². The van der Waals surface area contributed by atoms with E-state index >= 15 is 0 Å². The minimum absolute atomic E-state index is 0.0163. The highest BCUT2D eigenvalue weighted by molar-refractivity contribution is 5.95. The van der Waals surface area contributed by atoms with E-state index in [1.165, 1.54) is 19.3 Å². The number of methoxy groups -OCH3 is 2. The normalized spacial score (nSPS) is 19.3. The summed E-state index contributed by atoms with van der Waals surface area (Å²) in [5.74, 6) is 3.03. The molecule has 3 heterocycles. The van der Waals surface area contributed by atoms with Crippen LogP contribution in [0.3, 0.4) is 0 Å². The maximum atomic E-state index is 13.0. The van der Waals surface area contributed by atoms with E-state index in [1.54, 1.807) is 32.4 Å². The fourth-order valence-electron chi connectivity index (χ4n) is 4.33. The topological polar surface area (TPSA) is 71.0 Å². The zero-order chi connectivity index (χ0) is 21.8. The van der Waals surface area contributed by atoms with Crippen molar-refractivity contribution >= 4 is 17.5 Å². The summed E-state index contributed by atoms with van der Waals surface area (Å²) in [5, 5.41) is 8.98. The number of nitrogens with zero attached hydrogens (tertiary/aromatic N) is 5. The Labute approximate surface area is 183 Å². The number of carbonyl (C=O) groups is 1. The lowest BCUT2D eigenvalue weighted by Crippen LogP contribution is -2.49. The molecule has 4 rings (SSSR count). The highest BCUT2D eigenvalue weighted by Gasteiger charge is 2.25. The van der Waals surface area contributed by atoms with Gasteiger partial charge in [-0.1, -0.05) is 0 Å². The van der Waals surface area contributed by atoms with E-state index in [4.69, 9.17) is 9.47 Å². The summed E-state index contributed by atoms with van der Waals surface area (Å²) < 4.78 is 10.6. The largest absolute Gasteiger partial charge is 0.497 e. The van der Waals surface area contributed by atoms with E-state index in [-0.39, 0.29) is 5.91 Å². The lowest BCUT2D eigenvalue weighted by molar-refractivity contribution is 0.0745. The minimum Gasteiger partial charge on any atom is -0.497 e. The van der Waals surface area contributed by atoms with Crippen molar-refractivity contribution in [1.29, 1.82) is 0 Å². The van der Waals surface area contributed by atoms with Crippen LogP contribution in [-0.4, -0.2) is 74.0 Å². The lowest BCUT2D eigenvalue weighted by Gasteiger charge is -2.36. The Morgan fingerprint density at radius 3 is 2.13 bits per heavy atom. The fourth-order valence-corrected chi connectivity index (χ4v) is 4.33. The summed E-state index contributed by atoms with van der Waals surface area (Å²) >= 11 is 0. The average Bonchev–Trinajstić information content (AvgIpc) is 2.83. The summed E-state index contributed by atoms with van der Waals surface area (Å²) in [6.45, 7) is 6.01. The predicted octanol–water partition coefficient (Wildman–Crippen LogP) is 2.84. The number of anilines is 2. The van der Waals surface area contributed by atoms with Gasteiger partial charge in [0.25, 0.3) is 5.91 Å². The number of hydrogen-bond acceptors (Lipinski definition) is 7. The molecule has 1 amide bonds. The molecule has 31 heavy (non-hydrogen) atoms. The molecule has 1 atom stereocenters. The van der Waals surface area contributed by atoms with Crippen molar-refractivity contribution < 1.29 is 14.3 Å². The van der Waals surface area contributed by atoms with Crippen LogP contribution in [0.15, 0.2) is 30.3 Å². The molecule has 0 N–H and O–H groups in total. The number of benzene rings is 1. The molecule has 0 spiro atoms. The Balaban J connectivity index is 1.38. The third kappa shape index (κ3) is 4.68. The van der Waals surface area contributed by atoms with Crippen LogP contribution >= 0.6 is 0 Å². The summed E-state index contributed by atoms with van der Waals surface area (Å²) in [6, 6.07) is 9.91. The summed E-state index contributed by atoms with van der Waals surface area (Å²) in [4.78, 5) is 19.4. The Morgan fingerprint density at radius 2 is 1.55 bits per heavy atom. The minimum atomic E-state index is -0.0163. The SMILES string of the molecule is COc1cc(OC)cc(C(=O)N2CCN(c3ccc(N4CCCCC4C)nn3)CC2)c1. The van der Waals surface area contributed by atoms with Gasteiger partial charge in [-0.25, -0.2) is 0 Å². The standard InChI is InChI=1S/C23H31N5O3/c1-17-6-4-5-9-28(17)22-8-7-21(24-25-22)26-10-12-27(13-11-26)23(29)18-14-19(30-2)16-20(15-18)31-3/h7-8,14-17H,4-6,9-13H2,1-3H3. The van der Waals surface area contributed by atoms with Gasteiger partial charge in [-0.2, -0.15) is 0 Å². The van der Waals surface area contributed by atoms with Crippen LogP contribution in [0.2, 0.25) is 0 Å². The monoisotopic (exact) mass is 425 g/mol. The number of piperidine rings is 1. The Kier molecular flexibility index (Phi) is 6.44. The molecule has 0 aliphatic carbocycles. The van der Waals surface area contributed by atoms with E-state index in [0.29, 0.717) is 36.2 Å². The van der Waals surface area contributed by atoms with Crippen molar-refractivity contribution in [2.24, 2.45) is 0 Å². The molecule has 0 radical (unpaired) electrons. The molecule has 2 aliphatic rings. The number of amides is 1. The van der Waals surface area contributed by atoms with Crippen molar-refractivity contribution in [3.8, 4) is 11.5 Å². The number of ether oxygens (including phenoxy) is 2. The van der Waals surface area contributed by atoms with Gasteiger partial charge in [0, 0.05) is 50.4 Å². The van der Waals surface area contributed by atoms with Crippen LogP contribution in [0.4, 0.5) is 11.6 Å². The number of aromatic nitrogens is 2. The number of piperazine rings is 1. The zero-order valence-electron chi connectivity index (χ0n) is 18.6. The second kappa shape index (κ2) is 9.41. The van der Waals surface area contributed by atoms with E-state index in [1.807, 2.05) is 11.0 Å². The van der Waals surface area contributed by atoms with Crippen LogP contribution in [0.1, 0.15) is 36.5 Å². The van der Waals surface area contributed by atoms with Gasteiger partial charge in [0.15, 0.2) is 11.6 Å². The van der Waals surface area contributed by atoms with Crippen LogP contribution < -0.4 is 19.3 Å². The summed E-state index contributed by atoms with van der Waals surface area (Å²) in [6.07, 6.45) is 3.70. The lowest BCUT2D eigenvalue weighted by atomic mass is 10.0. The van der Waals surface area contributed by atoms with E-state index in [0.717, 1.165) is 31.3 Å². The Hall–Kier alpha value is -3.03. The second-order valence-electron chi connectivity index (χ2n) is 8.17. The molecule has 1 aromatic heterocycles. The smallest absolute Gasteiger partial charge is 0.254 e. The van der Waals surface area contributed by atoms with Crippen molar-refractivity contribution in [3.05, 3.63) is 35.9 Å². The number of carbonyl (C=O) groups excluding carboxylic acids is 1. The molecule has 1 unspecified atom stereocenters. The quantitative estimate of drug-likeness (QED) is 0.729. The molecule has 0 bridgehead atoms. The van der Waals surface area contributed by atoms with E-state index in [9.17, 15) is 4.79 Å². The first-order valence-corrected chi connectivity index (χ1v) is 11.0. The third-order valence-corrected chi connectivity index (χ3v) is 6.22. The van der Waals surface area contributed by atoms with Crippen molar-refractivity contribution in [1.82, 2.24) is 15.1 Å². The second-order valence-corrected chi connectivity index (χ2v) is 8.17. The van der Waals surface area contributed by atoms with Gasteiger partial charge >= 0.3 is 0 Å². The Morgan fingerprint density at radius 1 is 0.903 bits per heavy atom. The van der Waals surface area contributed by atoms with Crippen molar-refractivity contribution in [3.63, 3.8) is 0 Å². The first kappa shape index (κ1) is 21.2. The van der Waals surface area contributed by atoms with Gasteiger partial charge in [-0.15, -0.1) is 10.2 Å². The molecule has 2 aromatic rings. The van der Waals surface area contributed by atoms with Gasteiger partial charge < -0.3 is 24.2 Å². The molecular formula is C23H31N5O3. The van der Waals surface area contributed by atoms with Crippen LogP contribution in [0, 0.1) is 0 Å². The maximum absolute atomic E-state index is 13.0. The number of hydrogen-bond donors (Lipinski definition) is 0. The average molecular weight is 426 g/mol. The highest BCUT2D eigenvalue weighted by atomic mass is 16.5. The molecule has 166 valence electrons. The molecular weight excluding hydrogens is 394 g/mol.